The Morgan fingerprint density at radius 3 is 2.55 bits per heavy atom. The van der Waals surface area contributed by atoms with Crippen LogP contribution in [0.25, 0.3) is 16.9 Å². The van der Waals surface area contributed by atoms with Gasteiger partial charge in [0, 0.05) is 49.0 Å². The van der Waals surface area contributed by atoms with E-state index in [-0.39, 0.29) is 23.8 Å². The molecule has 0 unspecified atom stereocenters. The van der Waals surface area contributed by atoms with Crippen LogP contribution in [0.1, 0.15) is 40.2 Å². The van der Waals surface area contributed by atoms with Crippen LogP contribution in [0.4, 0.5) is 10.2 Å². The summed E-state index contributed by atoms with van der Waals surface area (Å²) in [5.74, 6) is 1.13. The molecule has 2 atom stereocenters. The number of pyridine rings is 1. The number of anilines is 1. The molecule has 0 radical (unpaired) electrons. The predicted molar refractivity (Wildman–Crippen MR) is 119 cm³/mol. The molecule has 7 nitrogen and oxygen atoms in total. The van der Waals surface area contributed by atoms with E-state index in [1.165, 1.54) is 24.7 Å². The first kappa shape index (κ1) is 21.2. The fourth-order valence-corrected chi connectivity index (χ4v) is 4.28. The molecule has 0 N–H and O–H groups in total. The van der Waals surface area contributed by atoms with Gasteiger partial charge in [-0.05, 0) is 32.4 Å². The zero-order valence-electron chi connectivity index (χ0n) is 18.9. The number of amides is 1. The molecule has 3 aromatic heterocycles. The molecule has 0 bridgehead atoms. The van der Waals surface area contributed by atoms with Crippen molar-refractivity contribution in [2.24, 2.45) is 5.41 Å². The fourth-order valence-electron chi connectivity index (χ4n) is 4.28. The van der Waals surface area contributed by atoms with Crippen LogP contribution >= 0.6 is 0 Å². The Hall–Kier alpha value is -3.03. The third-order valence-corrected chi connectivity index (χ3v) is 5.87. The smallest absolute Gasteiger partial charge is 0.228 e. The maximum Gasteiger partial charge on any atom is 0.228 e. The van der Waals surface area contributed by atoms with E-state index in [4.69, 9.17) is 0 Å². The Balaban J connectivity index is 1.73. The zero-order valence-corrected chi connectivity index (χ0v) is 18.9. The van der Waals surface area contributed by atoms with Crippen molar-refractivity contribution in [2.45, 2.75) is 53.6 Å². The molecule has 4 rings (SSSR count). The van der Waals surface area contributed by atoms with Crippen molar-refractivity contribution in [1.29, 1.82) is 0 Å². The van der Waals surface area contributed by atoms with Crippen molar-refractivity contribution in [1.82, 2.24) is 24.4 Å². The highest BCUT2D eigenvalue weighted by molar-refractivity contribution is 5.92. The van der Waals surface area contributed by atoms with Crippen molar-refractivity contribution in [3.05, 3.63) is 42.2 Å². The van der Waals surface area contributed by atoms with Crippen LogP contribution in [0.15, 0.2) is 30.9 Å². The van der Waals surface area contributed by atoms with Gasteiger partial charge in [-0.1, -0.05) is 20.8 Å². The third-order valence-electron chi connectivity index (χ3n) is 5.87. The lowest BCUT2D eigenvalue weighted by atomic mass is 9.92. The summed E-state index contributed by atoms with van der Waals surface area (Å²) >= 11 is 0. The zero-order chi connectivity index (χ0) is 22.5. The van der Waals surface area contributed by atoms with Crippen LogP contribution in [0.2, 0.25) is 0 Å². The number of rotatable bonds is 2. The molecule has 1 amide bonds. The van der Waals surface area contributed by atoms with Gasteiger partial charge in [-0.25, -0.2) is 19.3 Å². The molecule has 164 valence electrons. The van der Waals surface area contributed by atoms with Crippen molar-refractivity contribution >= 4 is 22.8 Å². The Morgan fingerprint density at radius 1 is 1.13 bits per heavy atom. The van der Waals surface area contributed by atoms with Crippen molar-refractivity contribution < 1.29 is 9.18 Å². The largest absolute Gasteiger partial charge is 0.349 e. The van der Waals surface area contributed by atoms with Crippen LogP contribution in [0.5, 0.6) is 0 Å². The SMILES string of the molecule is Cc1cn(-c2cc(F)ccn2)c2ncnc(N3C[C@@H](C)N(C(=O)C(C)(C)C)C[C@@H]3C)c12. The average molecular weight is 425 g/mol. The van der Waals surface area contributed by atoms with Gasteiger partial charge in [0.15, 0.2) is 5.65 Å². The first-order valence-electron chi connectivity index (χ1n) is 10.6. The van der Waals surface area contributed by atoms with Gasteiger partial charge in [0.2, 0.25) is 5.91 Å². The topological polar surface area (TPSA) is 67.2 Å². The highest BCUT2D eigenvalue weighted by Crippen LogP contribution is 2.33. The van der Waals surface area contributed by atoms with E-state index in [1.807, 2.05) is 38.8 Å². The highest BCUT2D eigenvalue weighted by Gasteiger charge is 2.37. The number of carbonyl (C=O) groups excluding carboxylic acids is 1. The first-order chi connectivity index (χ1) is 14.6. The van der Waals surface area contributed by atoms with Crippen LogP contribution < -0.4 is 4.90 Å². The molecule has 4 heterocycles. The lowest BCUT2D eigenvalue weighted by Crippen LogP contribution is -2.60. The quantitative estimate of drug-likeness (QED) is 0.627. The number of nitrogens with zero attached hydrogens (tertiary/aromatic N) is 6. The van der Waals surface area contributed by atoms with Gasteiger partial charge in [-0.2, -0.15) is 0 Å². The third kappa shape index (κ3) is 3.75. The number of aryl methyl sites for hydroxylation is 1. The minimum atomic E-state index is -0.413. The number of fused-ring (bicyclic) bond motifs is 1. The summed E-state index contributed by atoms with van der Waals surface area (Å²) in [5.41, 5.74) is 1.27. The van der Waals surface area contributed by atoms with E-state index in [1.54, 1.807) is 4.57 Å². The Labute approximate surface area is 181 Å². The lowest BCUT2D eigenvalue weighted by molar-refractivity contribution is -0.142. The van der Waals surface area contributed by atoms with Crippen molar-refractivity contribution in [3.8, 4) is 5.82 Å². The molecule has 1 aliphatic heterocycles. The molecule has 3 aromatic rings. The Kier molecular flexibility index (Phi) is 5.19. The van der Waals surface area contributed by atoms with Crippen LogP contribution in [-0.2, 0) is 4.79 Å². The number of hydrogen-bond acceptors (Lipinski definition) is 5. The van der Waals surface area contributed by atoms with Gasteiger partial charge in [-0.3, -0.25) is 9.36 Å². The normalized spacial score (nSPS) is 19.8. The maximum atomic E-state index is 13.8. The van der Waals surface area contributed by atoms with Gasteiger partial charge in [-0.15, -0.1) is 0 Å². The molecule has 1 fully saturated rings. The van der Waals surface area contributed by atoms with E-state index in [0.29, 0.717) is 24.6 Å². The number of carbonyl (C=O) groups is 1. The van der Waals surface area contributed by atoms with Crippen molar-refractivity contribution in [3.63, 3.8) is 0 Å². The number of hydrogen-bond donors (Lipinski definition) is 0. The summed E-state index contributed by atoms with van der Waals surface area (Å²) in [5, 5.41) is 0.920. The standard InChI is InChI=1S/C23H29FN6O/c1-14-10-30(18-9-17(24)7-8-25-18)21-19(14)20(26-13-27-21)28-11-16(3)29(12-15(28)2)22(31)23(4,5)6/h7-10,13,15-16H,11-12H2,1-6H3/t15-,16+/m0/s1. The molecule has 8 heteroatoms. The first-order valence-corrected chi connectivity index (χ1v) is 10.6. The molecule has 0 aromatic carbocycles. The van der Waals surface area contributed by atoms with Gasteiger partial charge in [0.05, 0.1) is 5.39 Å². The minimum Gasteiger partial charge on any atom is -0.349 e. The summed E-state index contributed by atoms with van der Waals surface area (Å²) in [7, 11) is 0. The average Bonchev–Trinajstić information content (AvgIpc) is 3.05. The second kappa shape index (κ2) is 7.59. The van der Waals surface area contributed by atoms with E-state index >= 15 is 0 Å². The second-order valence-electron chi connectivity index (χ2n) is 9.47. The van der Waals surface area contributed by atoms with E-state index < -0.39 is 5.41 Å². The highest BCUT2D eigenvalue weighted by atomic mass is 19.1. The molecule has 0 aliphatic carbocycles. The number of piperazine rings is 1. The molecule has 0 saturated carbocycles. The van der Waals surface area contributed by atoms with Gasteiger partial charge in [0.1, 0.15) is 23.8 Å². The van der Waals surface area contributed by atoms with Crippen LogP contribution in [0, 0.1) is 18.2 Å². The van der Waals surface area contributed by atoms with E-state index in [0.717, 1.165) is 16.8 Å². The fraction of sp³-hybridized carbons (Fsp3) is 0.478. The Bertz CT molecular complexity index is 1130. The number of aromatic nitrogens is 4. The maximum absolute atomic E-state index is 13.8. The lowest BCUT2D eigenvalue weighted by Gasteiger charge is -2.46. The molecular formula is C23H29FN6O. The molecule has 1 aliphatic rings. The summed E-state index contributed by atoms with van der Waals surface area (Å²) in [4.78, 5) is 30.5. The summed E-state index contributed by atoms with van der Waals surface area (Å²) in [6, 6.07) is 2.86. The number of halogens is 1. The molecule has 31 heavy (non-hydrogen) atoms. The molecule has 0 spiro atoms. The molecule has 1 saturated heterocycles. The van der Waals surface area contributed by atoms with Gasteiger partial charge < -0.3 is 9.80 Å². The minimum absolute atomic E-state index is 0.0558. The monoisotopic (exact) mass is 424 g/mol. The summed E-state index contributed by atoms with van der Waals surface area (Å²) < 4.78 is 15.6. The van der Waals surface area contributed by atoms with E-state index in [9.17, 15) is 9.18 Å². The summed E-state index contributed by atoms with van der Waals surface area (Å²) in [6.45, 7) is 13.4. The summed E-state index contributed by atoms with van der Waals surface area (Å²) in [6.07, 6.45) is 4.90. The van der Waals surface area contributed by atoms with Gasteiger partial charge >= 0.3 is 0 Å². The van der Waals surface area contributed by atoms with Crippen molar-refractivity contribution in [2.75, 3.05) is 18.0 Å². The second-order valence-corrected chi connectivity index (χ2v) is 9.47. The predicted octanol–water partition coefficient (Wildman–Crippen LogP) is 3.73. The van der Waals surface area contributed by atoms with Gasteiger partial charge in [0.25, 0.3) is 0 Å². The van der Waals surface area contributed by atoms with Crippen LogP contribution in [0.3, 0.4) is 0 Å². The van der Waals surface area contributed by atoms with E-state index in [2.05, 4.69) is 33.7 Å². The molecular weight excluding hydrogens is 395 g/mol. The van der Waals surface area contributed by atoms with Crippen LogP contribution in [-0.4, -0.2) is 55.5 Å². The Morgan fingerprint density at radius 2 is 1.87 bits per heavy atom.